The van der Waals surface area contributed by atoms with Gasteiger partial charge in [-0.15, -0.1) is 0 Å². The van der Waals surface area contributed by atoms with E-state index in [1.807, 2.05) is 54.7 Å². The molecule has 0 saturated heterocycles. The van der Waals surface area contributed by atoms with Gasteiger partial charge < -0.3 is 14.8 Å². The molecule has 0 unspecified atom stereocenters. The summed E-state index contributed by atoms with van der Waals surface area (Å²) in [7, 11) is 1.63. The van der Waals surface area contributed by atoms with E-state index in [0.717, 1.165) is 24.2 Å². The standard InChI is InChI=1S/C21H21ClN2O2/c1-25-20-11-18(14-24-13-17-8-5-9-23-12-17)10-19(22)21(20)26-15-16-6-3-2-4-7-16/h2-12,24H,13-15H2,1H3/p+1. The molecule has 0 atom stereocenters. The monoisotopic (exact) mass is 369 g/mol. The third-order valence-corrected chi connectivity index (χ3v) is 4.28. The summed E-state index contributed by atoms with van der Waals surface area (Å²) in [5.74, 6) is 1.23. The number of rotatable bonds is 8. The SMILES string of the molecule is COc1cc(C[NH2+]Cc2cccnc2)cc(Cl)c1OCc1ccccc1. The van der Waals surface area contributed by atoms with E-state index in [-0.39, 0.29) is 0 Å². The summed E-state index contributed by atoms with van der Waals surface area (Å²) in [6.07, 6.45) is 3.66. The first-order chi connectivity index (χ1) is 12.8. The molecule has 26 heavy (non-hydrogen) atoms. The number of nitrogens with zero attached hydrogens (tertiary/aromatic N) is 1. The Morgan fingerprint density at radius 1 is 0.962 bits per heavy atom. The van der Waals surface area contributed by atoms with Gasteiger partial charge in [0.25, 0.3) is 0 Å². The highest BCUT2D eigenvalue weighted by Crippen LogP contribution is 2.36. The molecule has 0 fully saturated rings. The van der Waals surface area contributed by atoms with Gasteiger partial charge in [-0.1, -0.05) is 48.0 Å². The van der Waals surface area contributed by atoms with Gasteiger partial charge in [-0.05, 0) is 23.8 Å². The highest BCUT2D eigenvalue weighted by Gasteiger charge is 2.13. The lowest BCUT2D eigenvalue weighted by atomic mass is 10.2. The van der Waals surface area contributed by atoms with Crippen molar-refractivity contribution < 1.29 is 14.8 Å². The van der Waals surface area contributed by atoms with E-state index < -0.39 is 0 Å². The maximum Gasteiger partial charge on any atom is 0.180 e. The number of pyridine rings is 1. The van der Waals surface area contributed by atoms with Crippen LogP contribution in [0.1, 0.15) is 16.7 Å². The minimum absolute atomic E-state index is 0.448. The lowest BCUT2D eigenvalue weighted by Crippen LogP contribution is -2.80. The third kappa shape index (κ3) is 4.97. The fourth-order valence-electron chi connectivity index (χ4n) is 2.69. The Morgan fingerprint density at radius 3 is 2.46 bits per heavy atom. The highest BCUT2D eigenvalue weighted by atomic mass is 35.5. The van der Waals surface area contributed by atoms with Gasteiger partial charge in [0.1, 0.15) is 19.7 Å². The van der Waals surface area contributed by atoms with Crippen LogP contribution in [-0.4, -0.2) is 12.1 Å². The number of hydrogen-bond donors (Lipinski definition) is 1. The third-order valence-electron chi connectivity index (χ3n) is 4.00. The minimum Gasteiger partial charge on any atom is -0.493 e. The van der Waals surface area contributed by atoms with E-state index >= 15 is 0 Å². The Morgan fingerprint density at radius 2 is 1.73 bits per heavy atom. The topological polar surface area (TPSA) is 48.0 Å². The van der Waals surface area contributed by atoms with Gasteiger partial charge in [0, 0.05) is 23.5 Å². The number of benzene rings is 2. The number of nitrogens with two attached hydrogens (primary N) is 1. The van der Waals surface area contributed by atoms with Gasteiger partial charge in [0.05, 0.1) is 12.1 Å². The minimum atomic E-state index is 0.448. The molecule has 0 spiro atoms. The summed E-state index contributed by atoms with van der Waals surface area (Å²) in [6, 6.07) is 17.9. The fourth-order valence-corrected chi connectivity index (χ4v) is 2.97. The van der Waals surface area contributed by atoms with Crippen molar-refractivity contribution in [2.45, 2.75) is 19.7 Å². The van der Waals surface area contributed by atoms with Crippen molar-refractivity contribution in [2.24, 2.45) is 0 Å². The molecule has 0 aliphatic carbocycles. The molecule has 5 heteroatoms. The van der Waals surface area contributed by atoms with Crippen LogP contribution in [0, 0.1) is 0 Å². The molecule has 2 aromatic carbocycles. The van der Waals surface area contributed by atoms with Gasteiger partial charge >= 0.3 is 0 Å². The maximum atomic E-state index is 6.45. The normalized spacial score (nSPS) is 10.5. The second-order valence-electron chi connectivity index (χ2n) is 5.94. The van der Waals surface area contributed by atoms with E-state index in [1.165, 1.54) is 5.56 Å². The van der Waals surface area contributed by atoms with E-state index in [4.69, 9.17) is 21.1 Å². The first kappa shape index (κ1) is 18.2. The summed E-state index contributed by atoms with van der Waals surface area (Å²) in [5.41, 5.74) is 3.36. The zero-order valence-corrected chi connectivity index (χ0v) is 15.4. The molecule has 0 amide bonds. The van der Waals surface area contributed by atoms with Crippen molar-refractivity contribution in [1.29, 1.82) is 0 Å². The smallest absolute Gasteiger partial charge is 0.180 e. The second kappa shape index (κ2) is 9.22. The Kier molecular flexibility index (Phi) is 6.47. The van der Waals surface area contributed by atoms with E-state index in [0.29, 0.717) is 23.1 Å². The largest absolute Gasteiger partial charge is 0.493 e. The Balaban J connectivity index is 1.64. The van der Waals surface area contributed by atoms with Gasteiger partial charge in [-0.2, -0.15) is 0 Å². The predicted molar refractivity (Wildman–Crippen MR) is 102 cm³/mol. The Hall–Kier alpha value is -2.56. The van der Waals surface area contributed by atoms with Crippen LogP contribution in [0.5, 0.6) is 11.5 Å². The van der Waals surface area contributed by atoms with Crippen molar-refractivity contribution in [1.82, 2.24) is 4.98 Å². The lowest BCUT2D eigenvalue weighted by Gasteiger charge is -2.14. The Labute approximate surface area is 158 Å². The highest BCUT2D eigenvalue weighted by molar-refractivity contribution is 6.32. The Bertz CT molecular complexity index is 826. The number of aromatic nitrogens is 1. The van der Waals surface area contributed by atoms with Crippen LogP contribution >= 0.6 is 11.6 Å². The molecule has 4 nitrogen and oxygen atoms in total. The molecule has 3 aromatic rings. The molecule has 3 rings (SSSR count). The van der Waals surface area contributed by atoms with Crippen molar-refractivity contribution in [3.8, 4) is 11.5 Å². The zero-order valence-electron chi connectivity index (χ0n) is 14.7. The van der Waals surface area contributed by atoms with Gasteiger partial charge in [-0.25, -0.2) is 0 Å². The van der Waals surface area contributed by atoms with Crippen LogP contribution in [0.4, 0.5) is 0 Å². The molecule has 0 aliphatic rings. The first-order valence-corrected chi connectivity index (χ1v) is 8.88. The molecule has 1 aromatic heterocycles. The summed E-state index contributed by atoms with van der Waals surface area (Å²) >= 11 is 6.45. The number of methoxy groups -OCH3 is 1. The fraction of sp³-hybridized carbons (Fsp3) is 0.190. The van der Waals surface area contributed by atoms with Gasteiger partial charge in [0.2, 0.25) is 0 Å². The van der Waals surface area contributed by atoms with Gasteiger partial charge in [-0.3, -0.25) is 4.98 Å². The predicted octanol–water partition coefficient (Wildman–Crippen LogP) is 3.59. The average molecular weight is 370 g/mol. The molecule has 0 bridgehead atoms. The summed E-state index contributed by atoms with van der Waals surface area (Å²) in [4.78, 5) is 4.13. The molecule has 1 heterocycles. The lowest BCUT2D eigenvalue weighted by molar-refractivity contribution is -0.686. The van der Waals surface area contributed by atoms with Crippen LogP contribution in [0.15, 0.2) is 67.0 Å². The van der Waals surface area contributed by atoms with Crippen LogP contribution < -0.4 is 14.8 Å². The van der Waals surface area contributed by atoms with Gasteiger partial charge in [0.15, 0.2) is 11.5 Å². The average Bonchev–Trinajstić information content (AvgIpc) is 2.68. The van der Waals surface area contributed by atoms with E-state index in [1.54, 1.807) is 13.3 Å². The van der Waals surface area contributed by atoms with Crippen LogP contribution in [-0.2, 0) is 19.7 Å². The second-order valence-corrected chi connectivity index (χ2v) is 6.35. The maximum absolute atomic E-state index is 6.45. The van der Waals surface area contributed by atoms with Crippen LogP contribution in [0.2, 0.25) is 5.02 Å². The van der Waals surface area contributed by atoms with Crippen molar-refractivity contribution in [3.63, 3.8) is 0 Å². The first-order valence-electron chi connectivity index (χ1n) is 8.50. The number of halogens is 1. The molecule has 0 saturated carbocycles. The molecule has 0 radical (unpaired) electrons. The number of quaternary nitrogens is 1. The molecule has 134 valence electrons. The molecular formula is C21H22ClN2O2+. The van der Waals surface area contributed by atoms with E-state index in [2.05, 4.69) is 16.4 Å². The summed E-state index contributed by atoms with van der Waals surface area (Å²) in [5, 5.41) is 2.76. The quantitative estimate of drug-likeness (QED) is 0.660. The zero-order chi connectivity index (χ0) is 18.2. The van der Waals surface area contributed by atoms with Crippen molar-refractivity contribution >= 4 is 11.6 Å². The van der Waals surface area contributed by atoms with Crippen LogP contribution in [0.3, 0.4) is 0 Å². The van der Waals surface area contributed by atoms with Crippen molar-refractivity contribution in [3.05, 3.63) is 88.7 Å². The van der Waals surface area contributed by atoms with E-state index in [9.17, 15) is 0 Å². The molecular weight excluding hydrogens is 348 g/mol. The van der Waals surface area contributed by atoms with Crippen LogP contribution in [0.25, 0.3) is 0 Å². The number of hydrogen-bond acceptors (Lipinski definition) is 3. The summed E-state index contributed by atoms with van der Waals surface area (Å²) < 4.78 is 11.4. The molecule has 0 aliphatic heterocycles. The molecule has 2 N–H and O–H groups in total. The summed E-state index contributed by atoms with van der Waals surface area (Å²) in [6.45, 7) is 2.10. The van der Waals surface area contributed by atoms with Crippen molar-refractivity contribution in [2.75, 3.05) is 7.11 Å². The number of ether oxygens (including phenoxy) is 2.